The Morgan fingerprint density at radius 2 is 0.720 bits per heavy atom. The summed E-state index contributed by atoms with van der Waals surface area (Å²) in [5.74, 6) is -0.815. The molecular formula is C34H61NO15. The normalized spacial score (nSPS) is 13.2. The Hall–Kier alpha value is -2.09. The summed E-state index contributed by atoms with van der Waals surface area (Å²) in [4.78, 5) is 35.6. The highest BCUT2D eigenvalue weighted by Crippen LogP contribution is 2.08. The number of hydrogen-bond acceptors (Lipinski definition) is 15. The van der Waals surface area contributed by atoms with Gasteiger partial charge in [0.1, 0.15) is 5.60 Å². The van der Waals surface area contributed by atoms with Gasteiger partial charge in [-0.05, 0) is 27.2 Å². The van der Waals surface area contributed by atoms with Crippen molar-refractivity contribution in [3.8, 4) is 0 Å². The molecule has 0 saturated heterocycles. The number of carbonyl (C=O) groups is 3. The van der Waals surface area contributed by atoms with E-state index in [1.807, 2.05) is 20.8 Å². The van der Waals surface area contributed by atoms with Crippen molar-refractivity contribution in [3.05, 3.63) is 12.2 Å². The van der Waals surface area contributed by atoms with E-state index in [2.05, 4.69) is 0 Å². The molecule has 1 aliphatic rings. The molecule has 1 aliphatic heterocycles. The number of imide groups is 1. The number of hydrogen-bond donors (Lipinski definition) is 0. The molecule has 0 fully saturated rings. The second kappa shape index (κ2) is 32.8. The van der Waals surface area contributed by atoms with Crippen LogP contribution in [-0.4, -0.2) is 180 Å². The molecule has 0 N–H and O–H groups in total. The lowest BCUT2D eigenvalue weighted by Gasteiger charge is -2.19. The average molecular weight is 724 g/mol. The van der Waals surface area contributed by atoms with Gasteiger partial charge >= 0.3 is 5.97 Å². The van der Waals surface area contributed by atoms with Crippen LogP contribution in [0, 0.1) is 0 Å². The molecule has 0 bridgehead atoms. The standard InChI is InChI=1S/C34H61NO15/c1-34(2,3)50-33(38)7-10-40-12-14-42-16-18-44-20-22-46-24-26-48-28-30-49-29-27-47-25-23-45-21-19-43-17-15-41-13-11-39-9-4-8-35-31(36)5-6-32(35)37/h5-6H,4,7-30H2,1-3H3. The number of amides is 2. The molecule has 0 aliphatic carbocycles. The summed E-state index contributed by atoms with van der Waals surface area (Å²) in [6.07, 6.45) is 3.37. The van der Waals surface area contributed by atoms with E-state index in [1.165, 1.54) is 17.1 Å². The first-order valence-corrected chi connectivity index (χ1v) is 17.4. The SMILES string of the molecule is CC(C)(C)OC(=O)CCOCCOCCOCCOCCOCCOCCOCCOCCOCCOCCOCCCN1C(=O)C=CC1=O. The first-order valence-electron chi connectivity index (χ1n) is 17.4. The van der Waals surface area contributed by atoms with Crippen LogP contribution in [0.4, 0.5) is 0 Å². The van der Waals surface area contributed by atoms with E-state index in [0.29, 0.717) is 158 Å². The maximum Gasteiger partial charge on any atom is 0.308 e. The van der Waals surface area contributed by atoms with Crippen molar-refractivity contribution in [2.45, 2.75) is 39.2 Å². The lowest BCUT2D eigenvalue weighted by atomic mass is 10.2. The van der Waals surface area contributed by atoms with Gasteiger partial charge in [-0.25, -0.2) is 0 Å². The van der Waals surface area contributed by atoms with E-state index in [4.69, 9.17) is 56.8 Å². The zero-order chi connectivity index (χ0) is 36.4. The average Bonchev–Trinajstić information content (AvgIpc) is 3.39. The molecule has 1 heterocycles. The topological polar surface area (TPSA) is 165 Å². The fourth-order valence-electron chi connectivity index (χ4n) is 3.83. The maximum atomic E-state index is 11.6. The smallest absolute Gasteiger partial charge is 0.308 e. The third kappa shape index (κ3) is 30.7. The molecule has 1 rings (SSSR count). The Morgan fingerprint density at radius 1 is 0.460 bits per heavy atom. The largest absolute Gasteiger partial charge is 0.460 e. The molecule has 16 heteroatoms. The lowest BCUT2D eigenvalue weighted by molar-refractivity contribution is -0.156. The van der Waals surface area contributed by atoms with Gasteiger partial charge < -0.3 is 56.8 Å². The maximum absolute atomic E-state index is 11.6. The minimum atomic E-state index is -0.479. The number of ether oxygens (including phenoxy) is 12. The summed E-state index contributed by atoms with van der Waals surface area (Å²) in [7, 11) is 0. The van der Waals surface area contributed by atoms with Gasteiger partial charge in [0.25, 0.3) is 11.8 Å². The van der Waals surface area contributed by atoms with Crippen LogP contribution >= 0.6 is 0 Å². The van der Waals surface area contributed by atoms with Gasteiger partial charge in [0.15, 0.2) is 0 Å². The van der Waals surface area contributed by atoms with Crippen molar-refractivity contribution in [2.24, 2.45) is 0 Å². The number of esters is 1. The highest BCUT2D eigenvalue weighted by atomic mass is 16.6. The molecule has 0 unspecified atom stereocenters. The van der Waals surface area contributed by atoms with Crippen LogP contribution in [0.3, 0.4) is 0 Å². The predicted octanol–water partition coefficient (Wildman–Crippen LogP) is 1.22. The van der Waals surface area contributed by atoms with Crippen LogP contribution in [0.15, 0.2) is 12.2 Å². The van der Waals surface area contributed by atoms with Crippen LogP contribution in [0.1, 0.15) is 33.6 Å². The summed E-state index contributed by atoms with van der Waals surface area (Å²) >= 11 is 0. The summed E-state index contributed by atoms with van der Waals surface area (Å²) in [6.45, 7) is 16.0. The van der Waals surface area contributed by atoms with Crippen LogP contribution in [0.25, 0.3) is 0 Å². The van der Waals surface area contributed by atoms with E-state index in [1.54, 1.807) is 0 Å². The Kier molecular flexibility index (Phi) is 30.1. The Bertz CT molecular complexity index is 850. The van der Waals surface area contributed by atoms with Gasteiger partial charge in [0, 0.05) is 25.3 Å². The third-order valence-electron chi connectivity index (χ3n) is 6.16. The number of carbonyl (C=O) groups excluding carboxylic acids is 3. The Balaban J connectivity index is 1.64. The quantitative estimate of drug-likeness (QED) is 0.0510. The molecule has 0 aromatic rings. The number of nitrogens with zero attached hydrogens (tertiary/aromatic N) is 1. The van der Waals surface area contributed by atoms with Gasteiger partial charge in [0.05, 0.1) is 145 Å². The monoisotopic (exact) mass is 723 g/mol. The van der Waals surface area contributed by atoms with Crippen molar-refractivity contribution < 1.29 is 71.2 Å². The fraction of sp³-hybridized carbons (Fsp3) is 0.853. The van der Waals surface area contributed by atoms with Crippen LogP contribution in [-0.2, 0) is 71.2 Å². The molecule has 0 atom stereocenters. The Morgan fingerprint density at radius 3 is 1.00 bits per heavy atom. The number of rotatable bonds is 37. The van der Waals surface area contributed by atoms with Crippen molar-refractivity contribution >= 4 is 17.8 Å². The van der Waals surface area contributed by atoms with E-state index in [0.717, 1.165) is 0 Å². The first-order chi connectivity index (χ1) is 24.3. The van der Waals surface area contributed by atoms with Crippen molar-refractivity contribution in [3.63, 3.8) is 0 Å². The molecule has 0 radical (unpaired) electrons. The van der Waals surface area contributed by atoms with E-state index in [-0.39, 0.29) is 24.2 Å². The van der Waals surface area contributed by atoms with Gasteiger partial charge in [0.2, 0.25) is 0 Å². The molecule has 0 aromatic carbocycles. The second-order valence-corrected chi connectivity index (χ2v) is 11.6. The van der Waals surface area contributed by atoms with Crippen molar-refractivity contribution in [2.75, 3.05) is 152 Å². The first kappa shape index (κ1) is 45.9. The minimum Gasteiger partial charge on any atom is -0.460 e. The van der Waals surface area contributed by atoms with Gasteiger partial charge in [-0.2, -0.15) is 0 Å². The fourth-order valence-corrected chi connectivity index (χ4v) is 3.83. The molecule has 16 nitrogen and oxygen atoms in total. The molecule has 2 amide bonds. The van der Waals surface area contributed by atoms with Gasteiger partial charge in [-0.1, -0.05) is 0 Å². The van der Waals surface area contributed by atoms with Crippen molar-refractivity contribution in [1.29, 1.82) is 0 Å². The van der Waals surface area contributed by atoms with E-state index in [9.17, 15) is 14.4 Å². The zero-order valence-electron chi connectivity index (χ0n) is 30.4. The van der Waals surface area contributed by atoms with E-state index >= 15 is 0 Å². The molecule has 50 heavy (non-hydrogen) atoms. The molecule has 0 spiro atoms. The van der Waals surface area contributed by atoms with Crippen LogP contribution in [0.2, 0.25) is 0 Å². The lowest BCUT2D eigenvalue weighted by Crippen LogP contribution is -2.31. The molecule has 0 saturated carbocycles. The van der Waals surface area contributed by atoms with Gasteiger partial charge in [-0.15, -0.1) is 0 Å². The van der Waals surface area contributed by atoms with Crippen LogP contribution in [0.5, 0.6) is 0 Å². The highest BCUT2D eigenvalue weighted by Gasteiger charge is 2.22. The molecular weight excluding hydrogens is 662 g/mol. The Labute approximate surface area is 297 Å². The molecule has 292 valence electrons. The van der Waals surface area contributed by atoms with E-state index < -0.39 is 5.60 Å². The third-order valence-corrected chi connectivity index (χ3v) is 6.16. The van der Waals surface area contributed by atoms with Crippen LogP contribution < -0.4 is 0 Å². The van der Waals surface area contributed by atoms with Crippen molar-refractivity contribution in [1.82, 2.24) is 4.90 Å². The zero-order valence-corrected chi connectivity index (χ0v) is 30.4. The minimum absolute atomic E-state index is 0.226. The van der Waals surface area contributed by atoms with Gasteiger partial charge in [-0.3, -0.25) is 19.3 Å². The molecule has 0 aromatic heterocycles. The predicted molar refractivity (Wildman–Crippen MR) is 180 cm³/mol. The summed E-state index contributed by atoms with van der Waals surface area (Å²) in [5, 5.41) is 0. The highest BCUT2D eigenvalue weighted by molar-refractivity contribution is 6.12. The summed E-state index contributed by atoms with van der Waals surface area (Å²) in [5.41, 5.74) is -0.479. The summed E-state index contributed by atoms with van der Waals surface area (Å²) < 4.78 is 65.1. The second-order valence-electron chi connectivity index (χ2n) is 11.6. The summed E-state index contributed by atoms with van der Waals surface area (Å²) in [6, 6.07) is 0.